The monoisotopic (exact) mass is 289 g/mol. The molecule has 7 nitrogen and oxygen atoms in total. The van der Waals surface area contributed by atoms with Crippen molar-refractivity contribution in [1.29, 1.82) is 0 Å². The first-order valence-corrected chi connectivity index (χ1v) is 6.96. The number of nitro benzene ring substituents is 1. The molecule has 1 aliphatic carbocycles. The number of nitrogens with one attached hydrogen (secondary N) is 2. The summed E-state index contributed by atoms with van der Waals surface area (Å²) in [6.07, 6.45) is 3.24. The summed E-state index contributed by atoms with van der Waals surface area (Å²) >= 11 is 0. The molecule has 1 fully saturated rings. The summed E-state index contributed by atoms with van der Waals surface area (Å²) in [5.41, 5.74) is 0.568. The van der Waals surface area contributed by atoms with Crippen LogP contribution in [-0.2, 0) is 9.59 Å². The Morgan fingerprint density at radius 2 is 1.57 bits per heavy atom. The zero-order valence-electron chi connectivity index (χ0n) is 11.3. The number of carbonyl (C=O) groups excluding carboxylic acids is 2. The summed E-state index contributed by atoms with van der Waals surface area (Å²) in [6, 6.07) is 4.04. The maximum atomic E-state index is 12.3. The number of fused-ring (bicyclic) bond motifs is 2. The van der Waals surface area contributed by atoms with E-state index in [1.165, 1.54) is 18.2 Å². The molecule has 1 aromatic rings. The standard InChI is InChI=1S/C14H15N3O4/c18-13-9-3-1-2-4-10(9)14(19)16-12-7-8(17(20)21)5-6-11(12)15-13/h5-7,9-10H,1-4H2,(H,15,18)(H,16,19)/t9-,10-/m1/s1. The van der Waals surface area contributed by atoms with Gasteiger partial charge in [-0.05, 0) is 18.9 Å². The van der Waals surface area contributed by atoms with Crippen LogP contribution in [0.15, 0.2) is 18.2 Å². The number of carbonyl (C=O) groups is 2. The van der Waals surface area contributed by atoms with Gasteiger partial charge in [0.25, 0.3) is 5.69 Å². The third-order valence-electron chi connectivity index (χ3n) is 4.17. The normalized spacial score (nSPS) is 24.8. The molecular weight excluding hydrogens is 274 g/mol. The molecule has 0 aromatic heterocycles. The van der Waals surface area contributed by atoms with Crippen LogP contribution in [0, 0.1) is 22.0 Å². The Morgan fingerprint density at radius 3 is 2.14 bits per heavy atom. The Bertz CT molecular complexity index is 629. The van der Waals surface area contributed by atoms with Crippen LogP contribution in [0.25, 0.3) is 0 Å². The van der Waals surface area contributed by atoms with E-state index in [1.807, 2.05) is 0 Å². The SMILES string of the molecule is O=C1Nc2ccc([N+](=O)[O-])cc2NC(=O)[C@@H]2CCCC[C@@H]12. The first-order chi connectivity index (χ1) is 10.1. The van der Waals surface area contributed by atoms with E-state index < -0.39 is 4.92 Å². The lowest BCUT2D eigenvalue weighted by molar-refractivity contribution is -0.384. The van der Waals surface area contributed by atoms with Gasteiger partial charge in [0.1, 0.15) is 0 Å². The number of nitrogens with zero attached hydrogens (tertiary/aromatic N) is 1. The van der Waals surface area contributed by atoms with Crippen LogP contribution < -0.4 is 10.6 Å². The van der Waals surface area contributed by atoms with Gasteiger partial charge in [-0.25, -0.2) is 0 Å². The van der Waals surface area contributed by atoms with Crippen LogP contribution >= 0.6 is 0 Å². The summed E-state index contributed by atoms with van der Waals surface area (Å²) in [4.78, 5) is 34.9. The van der Waals surface area contributed by atoms with E-state index in [2.05, 4.69) is 10.6 Å². The van der Waals surface area contributed by atoms with Crippen molar-refractivity contribution in [3.63, 3.8) is 0 Å². The number of hydrogen-bond acceptors (Lipinski definition) is 4. The minimum absolute atomic E-state index is 0.121. The Morgan fingerprint density at radius 1 is 1.00 bits per heavy atom. The molecule has 0 spiro atoms. The first kappa shape index (κ1) is 13.5. The first-order valence-electron chi connectivity index (χ1n) is 6.96. The number of nitro groups is 1. The second-order valence-electron chi connectivity index (χ2n) is 5.46. The summed E-state index contributed by atoms with van der Waals surface area (Å²) in [5.74, 6) is -1.07. The Balaban J connectivity index is 2.00. The van der Waals surface area contributed by atoms with E-state index in [4.69, 9.17) is 0 Å². The minimum atomic E-state index is -0.531. The molecule has 110 valence electrons. The maximum Gasteiger partial charge on any atom is 0.271 e. The molecule has 2 N–H and O–H groups in total. The third-order valence-corrected chi connectivity index (χ3v) is 4.17. The van der Waals surface area contributed by atoms with Crippen molar-refractivity contribution in [2.75, 3.05) is 10.6 Å². The van der Waals surface area contributed by atoms with Crippen LogP contribution in [0.3, 0.4) is 0 Å². The Kier molecular flexibility index (Phi) is 3.32. The summed E-state index contributed by atoms with van der Waals surface area (Å²) < 4.78 is 0. The second kappa shape index (κ2) is 5.16. The predicted octanol–water partition coefficient (Wildman–Crippen LogP) is 2.29. The molecular formula is C14H15N3O4. The smallest absolute Gasteiger partial charge is 0.271 e. The van der Waals surface area contributed by atoms with E-state index in [9.17, 15) is 19.7 Å². The second-order valence-corrected chi connectivity index (χ2v) is 5.46. The minimum Gasteiger partial charge on any atom is -0.324 e. The number of amides is 2. The van der Waals surface area contributed by atoms with Crippen molar-refractivity contribution in [3.05, 3.63) is 28.3 Å². The largest absolute Gasteiger partial charge is 0.324 e. The number of hydrogen-bond donors (Lipinski definition) is 2. The van der Waals surface area contributed by atoms with Crippen LogP contribution in [0.1, 0.15) is 25.7 Å². The topological polar surface area (TPSA) is 101 Å². The molecule has 1 aliphatic heterocycles. The molecule has 0 unspecified atom stereocenters. The molecule has 1 saturated carbocycles. The van der Waals surface area contributed by atoms with Crippen LogP contribution in [-0.4, -0.2) is 16.7 Å². The molecule has 0 saturated heterocycles. The average Bonchev–Trinajstić information content (AvgIpc) is 2.47. The van der Waals surface area contributed by atoms with E-state index in [1.54, 1.807) is 0 Å². The van der Waals surface area contributed by atoms with Crippen molar-refractivity contribution in [3.8, 4) is 0 Å². The van der Waals surface area contributed by atoms with Gasteiger partial charge in [0.05, 0.1) is 16.3 Å². The molecule has 1 aromatic carbocycles. The van der Waals surface area contributed by atoms with Gasteiger partial charge >= 0.3 is 0 Å². The van der Waals surface area contributed by atoms with E-state index in [-0.39, 0.29) is 35.0 Å². The molecule has 21 heavy (non-hydrogen) atoms. The van der Waals surface area contributed by atoms with Crippen LogP contribution in [0.4, 0.5) is 17.1 Å². The average molecular weight is 289 g/mol. The lowest BCUT2D eigenvalue weighted by Crippen LogP contribution is -2.40. The molecule has 0 bridgehead atoms. The number of anilines is 2. The van der Waals surface area contributed by atoms with Gasteiger partial charge in [-0.3, -0.25) is 19.7 Å². The highest BCUT2D eigenvalue weighted by Crippen LogP contribution is 2.36. The highest BCUT2D eigenvalue weighted by molar-refractivity contribution is 6.06. The summed E-state index contributed by atoms with van der Waals surface area (Å²) in [7, 11) is 0. The zero-order chi connectivity index (χ0) is 15.0. The third kappa shape index (κ3) is 2.46. The summed E-state index contributed by atoms with van der Waals surface area (Å²) in [6.45, 7) is 0. The molecule has 0 radical (unpaired) electrons. The lowest BCUT2D eigenvalue weighted by atomic mass is 9.77. The number of non-ortho nitro benzene ring substituents is 1. The molecule has 1 heterocycles. The van der Waals surface area contributed by atoms with Crippen molar-refractivity contribution >= 4 is 28.9 Å². The van der Waals surface area contributed by atoms with Gasteiger partial charge in [-0.2, -0.15) is 0 Å². The molecule has 2 atom stereocenters. The van der Waals surface area contributed by atoms with Gasteiger partial charge < -0.3 is 10.6 Å². The summed E-state index contributed by atoms with van der Waals surface area (Å²) in [5, 5.41) is 16.3. The predicted molar refractivity (Wildman–Crippen MR) is 75.8 cm³/mol. The van der Waals surface area contributed by atoms with E-state index in [0.717, 1.165) is 12.8 Å². The fraction of sp³-hybridized carbons (Fsp3) is 0.429. The molecule has 3 rings (SSSR count). The van der Waals surface area contributed by atoms with E-state index >= 15 is 0 Å². The highest BCUT2D eigenvalue weighted by atomic mass is 16.6. The fourth-order valence-corrected chi connectivity index (χ4v) is 3.07. The Hall–Kier alpha value is -2.44. The molecule has 2 amide bonds. The Labute approximate surface area is 120 Å². The van der Waals surface area contributed by atoms with Crippen molar-refractivity contribution in [1.82, 2.24) is 0 Å². The lowest BCUT2D eigenvalue weighted by Gasteiger charge is -2.32. The van der Waals surface area contributed by atoms with Crippen LogP contribution in [0.2, 0.25) is 0 Å². The van der Waals surface area contributed by atoms with Gasteiger partial charge in [-0.15, -0.1) is 0 Å². The van der Waals surface area contributed by atoms with Crippen LogP contribution in [0.5, 0.6) is 0 Å². The zero-order valence-corrected chi connectivity index (χ0v) is 11.3. The highest BCUT2D eigenvalue weighted by Gasteiger charge is 2.37. The maximum absolute atomic E-state index is 12.3. The molecule has 7 heteroatoms. The van der Waals surface area contributed by atoms with Gasteiger partial charge in [0, 0.05) is 24.0 Å². The van der Waals surface area contributed by atoms with Gasteiger partial charge in [0.15, 0.2) is 0 Å². The quantitative estimate of drug-likeness (QED) is 0.611. The van der Waals surface area contributed by atoms with Crippen molar-refractivity contribution in [2.45, 2.75) is 25.7 Å². The van der Waals surface area contributed by atoms with Crippen molar-refractivity contribution < 1.29 is 14.5 Å². The fourth-order valence-electron chi connectivity index (χ4n) is 3.07. The number of rotatable bonds is 1. The van der Waals surface area contributed by atoms with Crippen molar-refractivity contribution in [2.24, 2.45) is 11.8 Å². The molecule has 2 aliphatic rings. The number of benzene rings is 1. The van der Waals surface area contributed by atoms with Gasteiger partial charge in [-0.1, -0.05) is 12.8 Å². The van der Waals surface area contributed by atoms with Gasteiger partial charge in [0.2, 0.25) is 11.8 Å². The van der Waals surface area contributed by atoms with E-state index in [0.29, 0.717) is 18.5 Å².